The van der Waals surface area contributed by atoms with Crippen LogP contribution in [-0.2, 0) is 4.79 Å². The molecule has 1 heterocycles. The van der Waals surface area contributed by atoms with Gasteiger partial charge in [0.1, 0.15) is 11.3 Å². The maximum atomic E-state index is 11.5. The minimum atomic E-state index is -0.127. The van der Waals surface area contributed by atoms with E-state index in [0.717, 1.165) is 10.9 Å². The first-order valence-corrected chi connectivity index (χ1v) is 5.93. The molecule has 0 unspecified atom stereocenters. The Morgan fingerprint density at radius 2 is 2.11 bits per heavy atom. The highest BCUT2D eigenvalue weighted by Gasteiger charge is 2.07. The molecule has 0 radical (unpaired) electrons. The van der Waals surface area contributed by atoms with Crippen LogP contribution in [-0.4, -0.2) is 23.5 Å². The number of hydrogen-bond acceptors (Lipinski definition) is 3. The van der Waals surface area contributed by atoms with Gasteiger partial charge in [0, 0.05) is 17.6 Å². The summed E-state index contributed by atoms with van der Waals surface area (Å²) in [5.41, 5.74) is 0.775. The van der Waals surface area contributed by atoms with E-state index < -0.39 is 0 Å². The highest BCUT2D eigenvalue weighted by Crippen LogP contribution is 2.22. The van der Waals surface area contributed by atoms with Crippen LogP contribution < -0.4 is 10.1 Å². The average molecular weight is 244 g/mol. The molecule has 4 heteroatoms. The largest absolute Gasteiger partial charge is 0.481 e. The van der Waals surface area contributed by atoms with E-state index in [1.54, 1.807) is 6.20 Å². The van der Waals surface area contributed by atoms with Gasteiger partial charge in [-0.25, -0.2) is 0 Å². The van der Waals surface area contributed by atoms with Crippen LogP contribution in [0.4, 0.5) is 0 Å². The number of pyridine rings is 1. The molecule has 18 heavy (non-hydrogen) atoms. The van der Waals surface area contributed by atoms with Crippen LogP contribution in [0.2, 0.25) is 0 Å². The topological polar surface area (TPSA) is 51.2 Å². The Morgan fingerprint density at radius 1 is 1.33 bits per heavy atom. The smallest absolute Gasteiger partial charge is 0.258 e. The van der Waals surface area contributed by atoms with E-state index in [4.69, 9.17) is 4.74 Å². The van der Waals surface area contributed by atoms with Crippen molar-refractivity contribution in [3.63, 3.8) is 0 Å². The second-order valence-corrected chi connectivity index (χ2v) is 4.34. The fourth-order valence-corrected chi connectivity index (χ4v) is 1.70. The number of benzene rings is 1. The number of hydrogen-bond donors (Lipinski definition) is 1. The van der Waals surface area contributed by atoms with Crippen molar-refractivity contribution in [1.29, 1.82) is 0 Å². The van der Waals surface area contributed by atoms with Crippen molar-refractivity contribution in [3.8, 4) is 5.75 Å². The lowest BCUT2D eigenvalue weighted by molar-refractivity contribution is -0.123. The maximum Gasteiger partial charge on any atom is 0.258 e. The number of carbonyl (C=O) groups excluding carboxylic acids is 1. The van der Waals surface area contributed by atoms with Crippen molar-refractivity contribution < 1.29 is 9.53 Å². The predicted octanol–water partition coefficient (Wildman–Crippen LogP) is 2.14. The van der Waals surface area contributed by atoms with Gasteiger partial charge in [-0.05, 0) is 26.0 Å². The molecule has 2 aromatic rings. The molecule has 2 rings (SSSR count). The summed E-state index contributed by atoms with van der Waals surface area (Å²) in [6, 6.07) is 9.62. The van der Waals surface area contributed by atoms with Gasteiger partial charge in [-0.3, -0.25) is 9.78 Å². The number of nitrogens with zero attached hydrogens (tertiary/aromatic N) is 1. The molecule has 0 aliphatic heterocycles. The van der Waals surface area contributed by atoms with E-state index in [9.17, 15) is 4.79 Å². The fraction of sp³-hybridized carbons (Fsp3) is 0.286. The fourth-order valence-electron chi connectivity index (χ4n) is 1.70. The van der Waals surface area contributed by atoms with E-state index >= 15 is 0 Å². The monoisotopic (exact) mass is 244 g/mol. The van der Waals surface area contributed by atoms with Crippen molar-refractivity contribution in [2.45, 2.75) is 19.9 Å². The van der Waals surface area contributed by atoms with Gasteiger partial charge >= 0.3 is 0 Å². The summed E-state index contributed by atoms with van der Waals surface area (Å²) in [4.78, 5) is 15.8. The van der Waals surface area contributed by atoms with Crippen LogP contribution >= 0.6 is 0 Å². The molecular formula is C14H16N2O2. The lowest BCUT2D eigenvalue weighted by Gasteiger charge is -2.10. The maximum absolute atomic E-state index is 11.5. The average Bonchev–Trinajstić information content (AvgIpc) is 2.35. The minimum Gasteiger partial charge on any atom is -0.481 e. The van der Waals surface area contributed by atoms with E-state index in [0.29, 0.717) is 5.75 Å². The molecule has 0 fully saturated rings. The third-order valence-corrected chi connectivity index (χ3v) is 2.40. The first kappa shape index (κ1) is 12.4. The van der Waals surface area contributed by atoms with Crippen LogP contribution in [0.25, 0.3) is 10.9 Å². The second kappa shape index (κ2) is 5.49. The zero-order valence-electron chi connectivity index (χ0n) is 10.5. The van der Waals surface area contributed by atoms with Gasteiger partial charge in [-0.15, -0.1) is 0 Å². The molecular weight excluding hydrogens is 228 g/mol. The van der Waals surface area contributed by atoms with Crippen molar-refractivity contribution in [2.75, 3.05) is 6.61 Å². The second-order valence-electron chi connectivity index (χ2n) is 4.34. The Bertz CT molecular complexity index is 547. The first-order chi connectivity index (χ1) is 8.66. The Hall–Kier alpha value is -2.10. The zero-order valence-corrected chi connectivity index (χ0v) is 10.5. The molecule has 1 N–H and O–H groups in total. The first-order valence-electron chi connectivity index (χ1n) is 5.93. The number of amides is 1. The van der Waals surface area contributed by atoms with Gasteiger partial charge in [0.25, 0.3) is 5.91 Å². The predicted molar refractivity (Wildman–Crippen MR) is 70.5 cm³/mol. The third kappa shape index (κ3) is 2.97. The number of carbonyl (C=O) groups is 1. The SMILES string of the molecule is CC(C)NC(=O)COc1cccc2cccnc12. The van der Waals surface area contributed by atoms with Crippen LogP contribution in [0.1, 0.15) is 13.8 Å². The normalized spacial score (nSPS) is 10.6. The van der Waals surface area contributed by atoms with Crippen LogP contribution in [0.5, 0.6) is 5.75 Å². The number of aromatic nitrogens is 1. The highest BCUT2D eigenvalue weighted by molar-refractivity contribution is 5.85. The molecule has 0 saturated carbocycles. The Morgan fingerprint density at radius 3 is 2.89 bits per heavy atom. The molecule has 0 atom stereocenters. The molecule has 0 bridgehead atoms. The van der Waals surface area contributed by atoms with Gasteiger partial charge in [0.05, 0.1) is 0 Å². The van der Waals surface area contributed by atoms with Gasteiger partial charge in [-0.1, -0.05) is 18.2 Å². The van der Waals surface area contributed by atoms with E-state index in [-0.39, 0.29) is 18.6 Å². The summed E-state index contributed by atoms with van der Waals surface area (Å²) in [6.07, 6.45) is 1.71. The van der Waals surface area contributed by atoms with Gasteiger partial charge in [0.2, 0.25) is 0 Å². The summed E-state index contributed by atoms with van der Waals surface area (Å²) in [7, 11) is 0. The Kier molecular flexibility index (Phi) is 3.77. The zero-order chi connectivity index (χ0) is 13.0. The minimum absolute atomic E-state index is 0.00781. The lowest BCUT2D eigenvalue weighted by atomic mass is 10.2. The molecule has 1 amide bonds. The molecule has 94 valence electrons. The van der Waals surface area contributed by atoms with Crippen molar-refractivity contribution in [2.24, 2.45) is 0 Å². The molecule has 1 aromatic heterocycles. The molecule has 4 nitrogen and oxygen atoms in total. The van der Waals surface area contributed by atoms with E-state index in [1.165, 1.54) is 0 Å². The Balaban J connectivity index is 2.10. The standard InChI is InChI=1S/C14H16N2O2/c1-10(2)16-13(17)9-18-12-7-3-5-11-6-4-8-15-14(11)12/h3-8,10H,9H2,1-2H3,(H,16,17). The van der Waals surface area contributed by atoms with Crippen molar-refractivity contribution in [1.82, 2.24) is 10.3 Å². The summed E-state index contributed by atoms with van der Waals surface area (Å²) < 4.78 is 5.51. The molecule has 1 aromatic carbocycles. The van der Waals surface area contributed by atoms with Crippen molar-refractivity contribution >= 4 is 16.8 Å². The number of rotatable bonds is 4. The van der Waals surface area contributed by atoms with Crippen LogP contribution in [0.3, 0.4) is 0 Å². The van der Waals surface area contributed by atoms with Gasteiger partial charge < -0.3 is 10.1 Å². The van der Waals surface area contributed by atoms with Crippen LogP contribution in [0.15, 0.2) is 36.5 Å². The highest BCUT2D eigenvalue weighted by atomic mass is 16.5. The van der Waals surface area contributed by atoms with Gasteiger partial charge in [0.15, 0.2) is 6.61 Å². The van der Waals surface area contributed by atoms with E-state index in [1.807, 2.05) is 44.2 Å². The summed E-state index contributed by atoms with van der Waals surface area (Å²) >= 11 is 0. The quantitative estimate of drug-likeness (QED) is 0.896. The van der Waals surface area contributed by atoms with Crippen LogP contribution in [0, 0.1) is 0 Å². The summed E-state index contributed by atoms with van der Waals surface area (Å²) in [5.74, 6) is 0.505. The number of ether oxygens (including phenoxy) is 1. The number of para-hydroxylation sites is 1. The summed E-state index contributed by atoms with van der Waals surface area (Å²) in [6.45, 7) is 3.84. The molecule has 0 saturated heterocycles. The molecule has 0 aliphatic carbocycles. The molecule has 0 aliphatic rings. The Labute approximate surface area is 106 Å². The van der Waals surface area contributed by atoms with Crippen molar-refractivity contribution in [3.05, 3.63) is 36.5 Å². The van der Waals surface area contributed by atoms with Gasteiger partial charge in [-0.2, -0.15) is 0 Å². The number of nitrogens with one attached hydrogen (secondary N) is 1. The third-order valence-electron chi connectivity index (χ3n) is 2.40. The number of fused-ring (bicyclic) bond motifs is 1. The summed E-state index contributed by atoms with van der Waals surface area (Å²) in [5, 5.41) is 3.78. The van der Waals surface area contributed by atoms with E-state index in [2.05, 4.69) is 10.3 Å². The molecule has 0 spiro atoms. The lowest BCUT2D eigenvalue weighted by Crippen LogP contribution is -2.34.